The quantitative estimate of drug-likeness (QED) is 0.881. The minimum Gasteiger partial charge on any atom is -0.317 e. The van der Waals surface area contributed by atoms with Gasteiger partial charge in [0.15, 0.2) is 0 Å². The Labute approximate surface area is 115 Å². The van der Waals surface area contributed by atoms with Crippen LogP contribution >= 0.6 is 0 Å². The van der Waals surface area contributed by atoms with Gasteiger partial charge in [-0.05, 0) is 61.9 Å². The van der Waals surface area contributed by atoms with E-state index in [4.69, 9.17) is 0 Å². The van der Waals surface area contributed by atoms with E-state index in [2.05, 4.69) is 23.5 Å². The fourth-order valence-electron chi connectivity index (χ4n) is 3.33. The van der Waals surface area contributed by atoms with Crippen molar-refractivity contribution < 1.29 is 4.79 Å². The Balaban J connectivity index is 1.73. The fourth-order valence-corrected chi connectivity index (χ4v) is 3.33. The van der Waals surface area contributed by atoms with Crippen LogP contribution in [0, 0.1) is 5.92 Å². The van der Waals surface area contributed by atoms with Crippen molar-refractivity contribution in [3.63, 3.8) is 0 Å². The van der Waals surface area contributed by atoms with Gasteiger partial charge >= 0.3 is 0 Å². The van der Waals surface area contributed by atoms with Crippen molar-refractivity contribution >= 4 is 11.6 Å². The molecule has 0 atom stereocenters. The lowest BCUT2D eigenvalue weighted by atomic mass is 9.90. The van der Waals surface area contributed by atoms with Gasteiger partial charge in [-0.2, -0.15) is 0 Å². The van der Waals surface area contributed by atoms with E-state index in [1.807, 2.05) is 4.90 Å². The first-order valence-electron chi connectivity index (χ1n) is 7.34. The Bertz CT molecular complexity index is 478. The number of anilines is 1. The highest BCUT2D eigenvalue weighted by Gasteiger charge is 2.22. The van der Waals surface area contributed by atoms with Crippen molar-refractivity contribution in [2.24, 2.45) is 5.92 Å². The molecule has 1 aromatic carbocycles. The highest BCUT2D eigenvalue weighted by atomic mass is 16.2. The predicted octanol–water partition coefficient (Wildman–Crippen LogP) is 2.14. The number of carbonyl (C=O) groups excluding carboxylic acids is 1. The average Bonchev–Trinajstić information content (AvgIpc) is 2.83. The molecule has 2 aliphatic rings. The van der Waals surface area contributed by atoms with Gasteiger partial charge in [-0.3, -0.25) is 4.79 Å². The molecule has 1 aromatic rings. The van der Waals surface area contributed by atoms with Gasteiger partial charge in [-0.1, -0.05) is 12.1 Å². The maximum atomic E-state index is 11.5. The smallest absolute Gasteiger partial charge is 0.223 e. The monoisotopic (exact) mass is 258 g/mol. The summed E-state index contributed by atoms with van der Waals surface area (Å²) in [5.74, 6) is 0.981. The summed E-state index contributed by atoms with van der Waals surface area (Å²) in [6, 6.07) is 6.67. The molecule has 102 valence electrons. The molecule has 1 amide bonds. The zero-order valence-corrected chi connectivity index (χ0v) is 11.6. The van der Waals surface area contributed by atoms with Crippen LogP contribution in [-0.2, 0) is 17.6 Å². The van der Waals surface area contributed by atoms with Crippen LogP contribution < -0.4 is 10.2 Å². The van der Waals surface area contributed by atoms with E-state index in [1.165, 1.54) is 30.4 Å². The SMILES string of the molecule is CC(=O)N1CCc2cc(CC3CCNCC3)ccc21. The van der Waals surface area contributed by atoms with Crippen molar-refractivity contribution in [1.29, 1.82) is 0 Å². The Kier molecular flexibility index (Phi) is 3.56. The summed E-state index contributed by atoms with van der Waals surface area (Å²) >= 11 is 0. The van der Waals surface area contributed by atoms with Gasteiger partial charge in [0.05, 0.1) is 0 Å². The molecule has 2 heterocycles. The molecule has 0 aliphatic carbocycles. The first kappa shape index (κ1) is 12.7. The van der Waals surface area contributed by atoms with Gasteiger partial charge in [0, 0.05) is 19.2 Å². The lowest BCUT2D eigenvalue weighted by Crippen LogP contribution is -2.28. The number of hydrogen-bond acceptors (Lipinski definition) is 2. The third-order valence-corrected chi connectivity index (χ3v) is 4.40. The molecule has 3 nitrogen and oxygen atoms in total. The molecule has 1 saturated heterocycles. The minimum atomic E-state index is 0.157. The molecule has 0 radical (unpaired) electrons. The van der Waals surface area contributed by atoms with Gasteiger partial charge in [-0.15, -0.1) is 0 Å². The Morgan fingerprint density at radius 3 is 2.89 bits per heavy atom. The number of nitrogens with one attached hydrogen (secondary N) is 1. The van der Waals surface area contributed by atoms with E-state index in [0.29, 0.717) is 0 Å². The van der Waals surface area contributed by atoms with Crippen LogP contribution in [0.4, 0.5) is 5.69 Å². The van der Waals surface area contributed by atoms with Crippen LogP contribution in [0.3, 0.4) is 0 Å². The maximum absolute atomic E-state index is 11.5. The van der Waals surface area contributed by atoms with Crippen molar-refractivity contribution in [3.05, 3.63) is 29.3 Å². The largest absolute Gasteiger partial charge is 0.317 e. The van der Waals surface area contributed by atoms with E-state index >= 15 is 0 Å². The van der Waals surface area contributed by atoms with Crippen LogP contribution in [0.5, 0.6) is 0 Å². The molecular weight excluding hydrogens is 236 g/mol. The fraction of sp³-hybridized carbons (Fsp3) is 0.562. The highest BCUT2D eigenvalue weighted by molar-refractivity contribution is 5.93. The van der Waals surface area contributed by atoms with E-state index in [9.17, 15) is 4.79 Å². The summed E-state index contributed by atoms with van der Waals surface area (Å²) in [5, 5.41) is 3.42. The first-order chi connectivity index (χ1) is 9.24. The van der Waals surface area contributed by atoms with Gasteiger partial charge in [0.25, 0.3) is 0 Å². The molecule has 0 unspecified atom stereocenters. The van der Waals surface area contributed by atoms with Crippen LogP contribution in [0.2, 0.25) is 0 Å². The summed E-state index contributed by atoms with van der Waals surface area (Å²) in [4.78, 5) is 13.4. The molecule has 0 saturated carbocycles. The van der Waals surface area contributed by atoms with Crippen LogP contribution in [-0.4, -0.2) is 25.5 Å². The number of fused-ring (bicyclic) bond motifs is 1. The highest BCUT2D eigenvalue weighted by Crippen LogP contribution is 2.30. The first-order valence-corrected chi connectivity index (χ1v) is 7.34. The number of carbonyl (C=O) groups is 1. The standard InChI is InChI=1S/C16H22N2O/c1-12(19)18-9-6-15-11-14(2-3-16(15)18)10-13-4-7-17-8-5-13/h2-3,11,13,17H,4-10H2,1H3. The molecule has 1 N–H and O–H groups in total. The Morgan fingerprint density at radius 2 is 2.16 bits per heavy atom. The minimum absolute atomic E-state index is 0.157. The number of benzene rings is 1. The van der Waals surface area contributed by atoms with Crippen molar-refractivity contribution in [1.82, 2.24) is 5.32 Å². The van der Waals surface area contributed by atoms with E-state index < -0.39 is 0 Å². The van der Waals surface area contributed by atoms with Crippen LogP contribution in [0.15, 0.2) is 18.2 Å². The van der Waals surface area contributed by atoms with Crippen molar-refractivity contribution in [2.75, 3.05) is 24.5 Å². The second kappa shape index (κ2) is 5.33. The van der Waals surface area contributed by atoms with E-state index in [1.54, 1.807) is 6.92 Å². The van der Waals surface area contributed by atoms with Gasteiger partial charge in [0.2, 0.25) is 5.91 Å². The molecule has 3 rings (SSSR count). The maximum Gasteiger partial charge on any atom is 0.223 e. The molecule has 0 aromatic heterocycles. The summed E-state index contributed by atoms with van der Waals surface area (Å²) in [6.07, 6.45) is 4.78. The molecule has 1 fully saturated rings. The van der Waals surface area contributed by atoms with Crippen LogP contribution in [0.25, 0.3) is 0 Å². The summed E-state index contributed by atoms with van der Waals surface area (Å²) in [6.45, 7) is 4.82. The number of hydrogen-bond donors (Lipinski definition) is 1. The van der Waals surface area contributed by atoms with Gasteiger partial charge in [-0.25, -0.2) is 0 Å². The molecule has 2 aliphatic heterocycles. The normalized spacial score (nSPS) is 19.5. The Hall–Kier alpha value is -1.35. The predicted molar refractivity (Wildman–Crippen MR) is 77.5 cm³/mol. The Morgan fingerprint density at radius 1 is 1.37 bits per heavy atom. The second-order valence-electron chi connectivity index (χ2n) is 5.78. The molecule has 3 heteroatoms. The van der Waals surface area contributed by atoms with Gasteiger partial charge < -0.3 is 10.2 Å². The van der Waals surface area contributed by atoms with E-state index in [-0.39, 0.29) is 5.91 Å². The number of nitrogens with zero attached hydrogens (tertiary/aromatic N) is 1. The van der Waals surface area contributed by atoms with Crippen molar-refractivity contribution in [2.45, 2.75) is 32.6 Å². The molecule has 0 spiro atoms. The second-order valence-corrected chi connectivity index (χ2v) is 5.78. The number of rotatable bonds is 2. The number of piperidine rings is 1. The zero-order valence-electron chi connectivity index (χ0n) is 11.6. The number of amides is 1. The summed E-state index contributed by atoms with van der Waals surface area (Å²) in [7, 11) is 0. The summed E-state index contributed by atoms with van der Waals surface area (Å²) in [5.41, 5.74) is 3.92. The topological polar surface area (TPSA) is 32.3 Å². The van der Waals surface area contributed by atoms with Crippen molar-refractivity contribution in [3.8, 4) is 0 Å². The zero-order chi connectivity index (χ0) is 13.2. The molecule has 19 heavy (non-hydrogen) atoms. The van der Waals surface area contributed by atoms with Gasteiger partial charge in [0.1, 0.15) is 0 Å². The third kappa shape index (κ3) is 2.66. The van der Waals surface area contributed by atoms with E-state index in [0.717, 1.165) is 37.7 Å². The summed E-state index contributed by atoms with van der Waals surface area (Å²) < 4.78 is 0. The molecular formula is C16H22N2O. The third-order valence-electron chi connectivity index (χ3n) is 4.40. The lowest BCUT2D eigenvalue weighted by Gasteiger charge is -2.23. The lowest BCUT2D eigenvalue weighted by molar-refractivity contribution is -0.116. The molecule has 0 bridgehead atoms. The average molecular weight is 258 g/mol. The van der Waals surface area contributed by atoms with Crippen LogP contribution in [0.1, 0.15) is 30.9 Å².